The molecule has 0 saturated carbocycles. The maximum Gasteiger partial charge on any atom is 0.270 e. The lowest BCUT2D eigenvalue weighted by Gasteiger charge is -2.13. The van der Waals surface area contributed by atoms with Crippen LogP contribution in [-0.4, -0.2) is 22.5 Å². The summed E-state index contributed by atoms with van der Waals surface area (Å²) in [6.45, 7) is -0.0339. The molecule has 0 aliphatic heterocycles. The van der Waals surface area contributed by atoms with Gasteiger partial charge in [0, 0.05) is 23.7 Å². The molecule has 2 aromatic rings. The van der Waals surface area contributed by atoms with Crippen LogP contribution in [0.5, 0.6) is 0 Å². The number of nitro benzene ring substituents is 1. The molecule has 2 N–H and O–H groups in total. The fraction of sp³-hybridized carbons (Fsp3) is 0.133. The monoisotopic (exact) mass is 354 g/mol. The number of carbonyl (C=O) groups is 1. The van der Waals surface area contributed by atoms with E-state index in [0.29, 0.717) is 10.6 Å². The lowest BCUT2D eigenvalue weighted by atomic mass is 10.1. The smallest absolute Gasteiger partial charge is 0.270 e. The van der Waals surface area contributed by atoms with E-state index in [9.17, 15) is 20.0 Å². The number of hydrogen-bond donors (Lipinski definition) is 2. The molecule has 6 nitrogen and oxygen atoms in total. The predicted molar refractivity (Wildman–Crippen MR) is 86.9 cm³/mol. The number of carbonyl (C=O) groups excluding carboxylic acids is 1. The number of aliphatic hydroxyl groups is 1. The van der Waals surface area contributed by atoms with E-state index >= 15 is 0 Å². The number of nitro groups is 1. The second kappa shape index (κ2) is 7.41. The Kier molecular flexibility index (Phi) is 5.54. The summed E-state index contributed by atoms with van der Waals surface area (Å²) in [5.41, 5.74) is 0.498. The average molecular weight is 355 g/mol. The first-order chi connectivity index (χ1) is 10.9. The van der Waals surface area contributed by atoms with Crippen molar-refractivity contribution in [3.63, 3.8) is 0 Å². The van der Waals surface area contributed by atoms with Gasteiger partial charge in [0.2, 0.25) is 0 Å². The van der Waals surface area contributed by atoms with Crippen LogP contribution >= 0.6 is 23.2 Å². The predicted octanol–water partition coefficient (Wildman–Crippen LogP) is 3.37. The number of non-ortho nitro benzene ring substituents is 1. The summed E-state index contributed by atoms with van der Waals surface area (Å²) in [6, 6.07) is 10.1. The minimum atomic E-state index is -0.909. The van der Waals surface area contributed by atoms with Crippen molar-refractivity contribution in [3.8, 4) is 0 Å². The molecule has 1 amide bonds. The molecule has 0 heterocycles. The van der Waals surface area contributed by atoms with E-state index in [2.05, 4.69) is 5.32 Å². The maximum absolute atomic E-state index is 12.0. The molecule has 120 valence electrons. The fourth-order valence-corrected chi connectivity index (χ4v) is 2.28. The Balaban J connectivity index is 2.02. The third-order valence-electron chi connectivity index (χ3n) is 3.12. The first-order valence-electron chi connectivity index (χ1n) is 6.54. The lowest BCUT2D eigenvalue weighted by molar-refractivity contribution is -0.384. The quantitative estimate of drug-likeness (QED) is 0.635. The lowest BCUT2D eigenvalue weighted by Crippen LogP contribution is -2.28. The normalized spacial score (nSPS) is 11.8. The summed E-state index contributed by atoms with van der Waals surface area (Å²) in [5, 5.41) is 23.7. The molecule has 2 rings (SSSR count). The van der Waals surface area contributed by atoms with E-state index in [4.69, 9.17) is 23.2 Å². The molecule has 0 aromatic heterocycles. The van der Waals surface area contributed by atoms with E-state index in [0.717, 1.165) is 6.07 Å². The second-order valence-electron chi connectivity index (χ2n) is 4.70. The maximum atomic E-state index is 12.0. The Labute approximate surface area is 141 Å². The highest BCUT2D eigenvalue weighted by Crippen LogP contribution is 2.22. The third kappa shape index (κ3) is 4.41. The van der Waals surface area contributed by atoms with Crippen LogP contribution in [0.15, 0.2) is 42.5 Å². The first-order valence-corrected chi connectivity index (χ1v) is 7.29. The van der Waals surface area contributed by atoms with Crippen molar-refractivity contribution in [1.29, 1.82) is 0 Å². The van der Waals surface area contributed by atoms with Gasteiger partial charge in [-0.05, 0) is 23.8 Å². The Morgan fingerprint density at radius 3 is 2.43 bits per heavy atom. The van der Waals surface area contributed by atoms with Crippen molar-refractivity contribution < 1.29 is 14.8 Å². The van der Waals surface area contributed by atoms with E-state index in [1.165, 1.54) is 12.1 Å². The molecule has 0 unspecified atom stereocenters. The molecule has 2 aromatic carbocycles. The Bertz CT molecular complexity index is 735. The van der Waals surface area contributed by atoms with Crippen molar-refractivity contribution >= 4 is 34.8 Å². The molecule has 1 atom stereocenters. The van der Waals surface area contributed by atoms with Crippen LogP contribution in [-0.2, 0) is 0 Å². The Morgan fingerprint density at radius 1 is 1.22 bits per heavy atom. The first kappa shape index (κ1) is 17.2. The van der Waals surface area contributed by atoms with Gasteiger partial charge in [0.1, 0.15) is 0 Å². The number of amides is 1. The van der Waals surface area contributed by atoms with Gasteiger partial charge in [-0.1, -0.05) is 35.3 Å². The van der Waals surface area contributed by atoms with Gasteiger partial charge in [-0.25, -0.2) is 0 Å². The standard InChI is InChI=1S/C15H12Cl2N2O4/c16-10-3-1-9(2-4-10)14(20)8-18-15(21)12-6-5-11(19(22)23)7-13(12)17/h1-7,14,20H,8H2,(H,18,21)/t14-/m1/s1. The average Bonchev–Trinajstić information content (AvgIpc) is 2.52. The Morgan fingerprint density at radius 2 is 1.87 bits per heavy atom. The second-order valence-corrected chi connectivity index (χ2v) is 5.54. The van der Waals surface area contributed by atoms with Gasteiger partial charge in [0.25, 0.3) is 11.6 Å². The molecule has 0 spiro atoms. The minimum Gasteiger partial charge on any atom is -0.387 e. The topological polar surface area (TPSA) is 92.5 Å². The summed E-state index contributed by atoms with van der Waals surface area (Å²) in [6.07, 6.45) is -0.909. The van der Waals surface area contributed by atoms with Gasteiger partial charge in [0.05, 0.1) is 21.6 Å². The van der Waals surface area contributed by atoms with Gasteiger partial charge in [-0.15, -0.1) is 0 Å². The minimum absolute atomic E-state index is 0.0299. The number of nitrogens with one attached hydrogen (secondary N) is 1. The Hall–Kier alpha value is -2.15. The van der Waals surface area contributed by atoms with Crippen LogP contribution < -0.4 is 5.32 Å². The summed E-state index contributed by atoms with van der Waals surface area (Å²) in [5.74, 6) is -0.530. The van der Waals surface area contributed by atoms with Crippen molar-refractivity contribution in [2.24, 2.45) is 0 Å². The molecule has 0 saturated heterocycles. The van der Waals surface area contributed by atoms with Crippen molar-refractivity contribution in [3.05, 3.63) is 73.8 Å². The number of halogens is 2. The summed E-state index contributed by atoms with van der Waals surface area (Å²) < 4.78 is 0. The molecule has 0 fully saturated rings. The van der Waals surface area contributed by atoms with Crippen molar-refractivity contribution in [2.45, 2.75) is 6.10 Å². The van der Waals surface area contributed by atoms with E-state index < -0.39 is 16.9 Å². The molecular formula is C15H12Cl2N2O4. The largest absolute Gasteiger partial charge is 0.387 e. The van der Waals surface area contributed by atoms with E-state index in [1.54, 1.807) is 24.3 Å². The number of nitrogens with zero attached hydrogens (tertiary/aromatic N) is 1. The summed E-state index contributed by atoms with van der Waals surface area (Å²) in [7, 11) is 0. The zero-order valence-corrected chi connectivity index (χ0v) is 13.2. The van der Waals surface area contributed by atoms with Crippen LogP contribution in [0.1, 0.15) is 22.0 Å². The fourth-order valence-electron chi connectivity index (χ4n) is 1.89. The molecule has 23 heavy (non-hydrogen) atoms. The van der Waals surface area contributed by atoms with Crippen LogP contribution in [0.3, 0.4) is 0 Å². The van der Waals surface area contributed by atoms with Crippen LogP contribution in [0.2, 0.25) is 10.0 Å². The van der Waals surface area contributed by atoms with Crippen LogP contribution in [0.25, 0.3) is 0 Å². The SMILES string of the molecule is O=C(NC[C@@H](O)c1ccc(Cl)cc1)c1ccc([N+](=O)[O-])cc1Cl. The van der Waals surface area contributed by atoms with E-state index in [-0.39, 0.29) is 22.8 Å². The van der Waals surface area contributed by atoms with Crippen molar-refractivity contribution in [1.82, 2.24) is 5.32 Å². The molecule has 0 aliphatic rings. The number of aliphatic hydroxyl groups excluding tert-OH is 1. The molecule has 0 radical (unpaired) electrons. The molecule has 0 bridgehead atoms. The van der Waals surface area contributed by atoms with Crippen LogP contribution in [0.4, 0.5) is 5.69 Å². The number of benzene rings is 2. The highest BCUT2D eigenvalue weighted by molar-refractivity contribution is 6.34. The molecule has 0 aliphatic carbocycles. The van der Waals surface area contributed by atoms with Crippen molar-refractivity contribution in [2.75, 3.05) is 6.54 Å². The molecular weight excluding hydrogens is 343 g/mol. The third-order valence-corrected chi connectivity index (χ3v) is 3.68. The van der Waals surface area contributed by atoms with Gasteiger partial charge in [-0.3, -0.25) is 14.9 Å². The highest BCUT2D eigenvalue weighted by Gasteiger charge is 2.16. The zero-order chi connectivity index (χ0) is 17.0. The highest BCUT2D eigenvalue weighted by atomic mass is 35.5. The summed E-state index contributed by atoms with van der Waals surface area (Å²) in [4.78, 5) is 22.1. The van der Waals surface area contributed by atoms with Gasteiger partial charge >= 0.3 is 0 Å². The summed E-state index contributed by atoms with van der Waals surface area (Å²) >= 11 is 11.6. The number of rotatable bonds is 5. The van der Waals surface area contributed by atoms with Gasteiger partial charge in [0.15, 0.2) is 0 Å². The molecule has 8 heteroatoms. The number of hydrogen-bond acceptors (Lipinski definition) is 4. The van der Waals surface area contributed by atoms with E-state index in [1.807, 2.05) is 0 Å². The van der Waals surface area contributed by atoms with Gasteiger partial charge < -0.3 is 10.4 Å². The zero-order valence-electron chi connectivity index (χ0n) is 11.7. The van der Waals surface area contributed by atoms with Crippen LogP contribution in [0, 0.1) is 10.1 Å². The van der Waals surface area contributed by atoms with Gasteiger partial charge in [-0.2, -0.15) is 0 Å².